The Balaban J connectivity index is -0.000000245. The molecule has 0 saturated heterocycles. The van der Waals surface area contributed by atoms with E-state index >= 15 is 0 Å². The van der Waals surface area contributed by atoms with Crippen LogP contribution in [0.5, 0.6) is 0 Å². The van der Waals surface area contributed by atoms with E-state index in [0.717, 1.165) is 77.0 Å². The van der Waals surface area contributed by atoms with Gasteiger partial charge in [0, 0.05) is 0 Å². The maximum atomic E-state index is 10.9. The van der Waals surface area contributed by atoms with Crippen LogP contribution in [0.2, 0.25) is 0 Å². The van der Waals surface area contributed by atoms with Crippen molar-refractivity contribution in [3.05, 3.63) is 0 Å². The van der Waals surface area contributed by atoms with Gasteiger partial charge in [0.25, 0.3) is 0 Å². The predicted octanol–water partition coefficient (Wildman–Crippen LogP) is 9.76. The molecule has 0 N–H and O–H groups in total. The topological polar surface area (TPSA) is 161 Å². The van der Waals surface area contributed by atoms with Crippen LogP contribution in [0, 0.1) is 45.3 Å². The first-order valence-electron chi connectivity index (χ1n) is 23.1. The second-order valence-corrected chi connectivity index (χ2v) is 28.7. The van der Waals surface area contributed by atoms with Gasteiger partial charge in [0.2, 0.25) is 0 Å². The molecule has 0 aromatic rings. The maximum absolute atomic E-state index is 10.9. The van der Waals surface area contributed by atoms with Gasteiger partial charge in [-0.15, -0.1) is 0 Å². The molecule has 0 aliphatic carbocycles. The molecule has 0 unspecified atom stereocenters. The zero-order chi connectivity index (χ0) is 51.9. The number of unbranched alkanes of at least 4 members (excludes halogenated alkanes) is 4. The summed E-state index contributed by atoms with van der Waals surface area (Å²) in [5, 5.41) is 43.8. The first kappa shape index (κ1) is 75.4. The van der Waals surface area contributed by atoms with E-state index in [4.69, 9.17) is 0 Å². The molecule has 384 valence electrons. The van der Waals surface area contributed by atoms with Gasteiger partial charge >= 0.3 is 23.9 Å². The Kier molecular flexibility index (Phi) is 39.4. The number of carbonyl (C=O) groups excluding carboxylic acids is 4. The standard InChI is InChI=1S/4C12H24O2S2.Sn/c4*1-9(2)7-5-6-8-11(3,4)12(15,16)10(13)14;/h4*9,15-16H,5-8H2,1-4H3,(H,13,14);/q;;;;+4/p-4. The molecule has 0 aliphatic heterocycles. The Hall–Kier alpha value is 1.48. The number of thiol groups is 8. The minimum atomic E-state index is -1.37. The number of hydrogen-bond acceptors (Lipinski definition) is 16. The van der Waals surface area contributed by atoms with E-state index in [9.17, 15) is 39.6 Å². The van der Waals surface area contributed by atoms with Gasteiger partial charge in [-0.1, -0.05) is 188 Å². The summed E-state index contributed by atoms with van der Waals surface area (Å²) in [7, 11) is 0. The van der Waals surface area contributed by atoms with E-state index < -0.39 is 61.9 Å². The summed E-state index contributed by atoms with van der Waals surface area (Å²) in [5.41, 5.74) is -1.91. The molecular weight excluding hydrogens is 1080 g/mol. The van der Waals surface area contributed by atoms with Crippen molar-refractivity contribution in [1.82, 2.24) is 0 Å². The Labute approximate surface area is 459 Å². The first-order valence-corrected chi connectivity index (χ1v) is 26.7. The Bertz CT molecular complexity index is 1150. The molecular formula is C48H92O8S8Sn. The normalized spacial score (nSPS) is 13.0. The van der Waals surface area contributed by atoms with Crippen LogP contribution in [-0.4, -0.2) is 64.1 Å². The van der Waals surface area contributed by atoms with Crippen LogP contribution in [-0.2, 0) is 19.2 Å². The molecule has 0 heterocycles. The average molecular weight is 1170 g/mol. The molecule has 0 aromatic carbocycles. The molecule has 0 aliphatic rings. The number of carboxylic acid groups (broad SMARTS) is 4. The molecule has 0 spiro atoms. The monoisotopic (exact) mass is 1170 g/mol. The summed E-state index contributed by atoms with van der Waals surface area (Å²) >= 11 is 32.9. The fourth-order valence-corrected chi connectivity index (χ4v) is 7.17. The second kappa shape index (κ2) is 34.0. The van der Waals surface area contributed by atoms with Crippen LogP contribution in [0.25, 0.3) is 0 Å². The molecule has 0 bridgehead atoms. The van der Waals surface area contributed by atoms with Crippen molar-refractivity contribution in [2.45, 2.75) is 230 Å². The van der Waals surface area contributed by atoms with Crippen LogP contribution in [0.1, 0.15) is 214 Å². The van der Waals surface area contributed by atoms with Crippen molar-refractivity contribution in [3.63, 3.8) is 0 Å². The van der Waals surface area contributed by atoms with Gasteiger partial charge in [-0.3, -0.25) is 0 Å². The van der Waals surface area contributed by atoms with Crippen LogP contribution < -0.4 is 20.4 Å². The summed E-state index contributed by atoms with van der Waals surface area (Å²) in [6.07, 6.45) is 16.3. The van der Waals surface area contributed by atoms with Gasteiger partial charge in [-0.05, 0) is 71.0 Å². The quantitative estimate of drug-likeness (QED) is 0.0166. The number of carboxylic acids is 4. The second-order valence-electron chi connectivity index (χ2n) is 21.9. The van der Waals surface area contributed by atoms with Crippen LogP contribution in [0.3, 0.4) is 0 Å². The fourth-order valence-electron chi connectivity index (χ4n) is 6.28. The maximum Gasteiger partial charge on any atom is 4.00 e. The van der Waals surface area contributed by atoms with Crippen LogP contribution in [0.4, 0.5) is 0 Å². The van der Waals surface area contributed by atoms with Gasteiger partial charge in [-0.2, -0.15) is 101 Å². The zero-order valence-electron chi connectivity index (χ0n) is 43.0. The minimum absolute atomic E-state index is 0. The number of rotatable bonds is 28. The average Bonchev–Trinajstić information content (AvgIpc) is 3.12. The first-order chi connectivity index (χ1) is 28.4. The van der Waals surface area contributed by atoms with Gasteiger partial charge in [0.05, 0.1) is 40.2 Å². The summed E-state index contributed by atoms with van der Waals surface area (Å²) in [4.78, 5) is 43.8. The molecule has 0 radical (unpaired) electrons. The van der Waals surface area contributed by atoms with Gasteiger partial charge < -0.3 is 39.6 Å². The Morgan fingerprint density at radius 2 is 0.446 bits per heavy atom. The predicted molar refractivity (Wildman–Crippen MR) is 297 cm³/mol. The molecule has 0 saturated carbocycles. The molecule has 0 aromatic heterocycles. The molecule has 17 heteroatoms. The summed E-state index contributed by atoms with van der Waals surface area (Å²) in [5.74, 6) is -2.08. The number of hydrogen-bond donors (Lipinski definition) is 8. The largest absolute Gasteiger partial charge is 4.00 e. The Morgan fingerprint density at radius 3 is 0.538 bits per heavy atom. The van der Waals surface area contributed by atoms with Crippen LogP contribution >= 0.6 is 101 Å². The van der Waals surface area contributed by atoms with Crippen molar-refractivity contribution in [2.24, 2.45) is 45.3 Å². The summed E-state index contributed by atoms with van der Waals surface area (Å²) < 4.78 is -5.48. The van der Waals surface area contributed by atoms with Crippen molar-refractivity contribution in [2.75, 3.05) is 0 Å². The van der Waals surface area contributed by atoms with E-state index in [-0.39, 0.29) is 23.9 Å². The third kappa shape index (κ3) is 30.2. The molecule has 65 heavy (non-hydrogen) atoms. The van der Waals surface area contributed by atoms with E-state index in [1.165, 1.54) is 25.7 Å². The SMILES string of the molecule is CC(C)CCCCC(C)(C)C(S)(S)C(=O)[O-].CC(C)CCCCC(C)(C)C(S)(S)C(=O)[O-].CC(C)CCCCC(C)(C)C(S)(S)C(=O)[O-].CC(C)CCCCC(C)(C)C(S)(S)C(=O)[O-].[Sn+4]. The molecule has 0 amide bonds. The van der Waals surface area contributed by atoms with Crippen molar-refractivity contribution in [1.29, 1.82) is 0 Å². The van der Waals surface area contributed by atoms with Crippen molar-refractivity contribution >= 4 is 149 Å². The van der Waals surface area contributed by atoms with E-state index in [1.807, 2.05) is 55.4 Å². The van der Waals surface area contributed by atoms with E-state index in [0.29, 0.717) is 23.7 Å². The van der Waals surface area contributed by atoms with Gasteiger partial charge in [0.1, 0.15) is 0 Å². The smallest absolute Gasteiger partial charge is 0.548 e. The molecule has 8 nitrogen and oxygen atoms in total. The van der Waals surface area contributed by atoms with E-state index in [1.54, 1.807) is 0 Å². The minimum Gasteiger partial charge on any atom is -0.548 e. The zero-order valence-corrected chi connectivity index (χ0v) is 53.0. The van der Waals surface area contributed by atoms with Gasteiger partial charge in [-0.25, -0.2) is 0 Å². The van der Waals surface area contributed by atoms with Crippen molar-refractivity contribution < 1.29 is 39.6 Å². The van der Waals surface area contributed by atoms with E-state index in [2.05, 4.69) is 156 Å². The third-order valence-corrected chi connectivity index (χ3v) is 18.5. The Morgan fingerprint density at radius 1 is 0.323 bits per heavy atom. The molecule has 0 rings (SSSR count). The third-order valence-electron chi connectivity index (χ3n) is 12.2. The van der Waals surface area contributed by atoms with Crippen LogP contribution in [0.15, 0.2) is 0 Å². The number of aliphatic carboxylic acids is 4. The van der Waals surface area contributed by atoms with Crippen molar-refractivity contribution in [3.8, 4) is 0 Å². The summed E-state index contributed by atoms with van der Waals surface area (Å²) in [6, 6.07) is 0. The fraction of sp³-hybridized carbons (Fsp3) is 0.917. The van der Waals surface area contributed by atoms with Gasteiger partial charge in [0.15, 0.2) is 0 Å². The molecule has 0 atom stereocenters. The number of carbonyl (C=O) groups is 4. The molecule has 0 fully saturated rings. The summed E-state index contributed by atoms with van der Waals surface area (Å²) in [6.45, 7) is 32.5.